The Balaban J connectivity index is 1.50. The number of carboxylic acids is 1. The van der Waals surface area contributed by atoms with Gasteiger partial charge in [0.15, 0.2) is 34.8 Å². The maximum atomic E-state index is 16.3. The van der Waals surface area contributed by atoms with E-state index in [0.717, 1.165) is 12.1 Å². The Hall–Kier alpha value is -4.96. The summed E-state index contributed by atoms with van der Waals surface area (Å²) in [5, 5.41) is 31.1. The highest BCUT2D eigenvalue weighted by atomic mass is 32.2. The summed E-state index contributed by atoms with van der Waals surface area (Å²) in [6.45, 7) is -0.0110. The van der Waals surface area contributed by atoms with Crippen LogP contribution in [0.25, 0.3) is 33.1 Å². The van der Waals surface area contributed by atoms with E-state index in [0.29, 0.717) is 17.7 Å². The summed E-state index contributed by atoms with van der Waals surface area (Å²) in [5.41, 5.74) is -3.64. The number of phosphoric ester groups is 1. The van der Waals surface area contributed by atoms with Crippen molar-refractivity contribution in [2.24, 2.45) is 0 Å². The number of phenolic OH excluding ortho intramolecular Hbond substituents is 2. The molecule has 1 amide bonds. The van der Waals surface area contributed by atoms with Gasteiger partial charge in [0.05, 0.1) is 33.6 Å². The van der Waals surface area contributed by atoms with Crippen molar-refractivity contribution in [3.63, 3.8) is 0 Å². The molecule has 0 aliphatic rings. The smallest absolute Gasteiger partial charge is 0.505 e. The van der Waals surface area contributed by atoms with Crippen molar-refractivity contribution in [1.29, 1.82) is 0 Å². The number of phenols is 2. The van der Waals surface area contributed by atoms with Crippen LogP contribution in [0.2, 0.25) is 0 Å². The summed E-state index contributed by atoms with van der Waals surface area (Å²) in [7, 11) is -4.76. The van der Waals surface area contributed by atoms with E-state index in [1.165, 1.54) is 24.3 Å². The maximum absolute atomic E-state index is 16.3. The first kappa shape index (κ1) is 34.4. The second-order valence-electron chi connectivity index (χ2n) is 10.0. The quantitative estimate of drug-likeness (QED) is 0.0240. The maximum Gasteiger partial charge on any atom is 0.524 e. The van der Waals surface area contributed by atoms with Gasteiger partial charge in [-0.25, -0.2) is 35.7 Å². The molecule has 0 aliphatic heterocycles. The molecule has 250 valence electrons. The van der Waals surface area contributed by atoms with E-state index in [1.54, 1.807) is 0 Å². The van der Waals surface area contributed by atoms with Gasteiger partial charge in [-0.3, -0.25) is 14.6 Å². The van der Waals surface area contributed by atoms with Crippen LogP contribution in [0.4, 0.5) is 22.0 Å². The lowest BCUT2D eigenvalue weighted by atomic mass is 9.92. The molecule has 0 radical (unpaired) electrons. The number of fused-ring (bicyclic) bond motifs is 2. The second-order valence-corrected chi connectivity index (χ2v) is 12.2. The van der Waals surface area contributed by atoms with Crippen LogP contribution in [0, 0.1) is 29.1 Å². The molecule has 5 aromatic rings. The van der Waals surface area contributed by atoms with Crippen LogP contribution in [0.1, 0.15) is 15.9 Å². The second kappa shape index (κ2) is 13.3. The van der Waals surface area contributed by atoms with E-state index in [2.05, 4.69) is 9.84 Å². The first-order valence-electron chi connectivity index (χ1n) is 13.3. The number of hydrogen-bond donors (Lipinski definition) is 6. The molecule has 0 spiro atoms. The number of phosphoric acid groups is 1. The van der Waals surface area contributed by atoms with E-state index in [1.807, 2.05) is 0 Å². The van der Waals surface area contributed by atoms with Gasteiger partial charge in [0.1, 0.15) is 17.1 Å². The lowest BCUT2D eigenvalue weighted by Crippen LogP contribution is -2.27. The average molecular weight is 713 g/mol. The van der Waals surface area contributed by atoms with Crippen LogP contribution in [-0.2, 0) is 15.8 Å². The molecule has 4 aromatic carbocycles. The molecule has 0 unspecified atom stereocenters. The molecule has 1 aromatic heterocycles. The normalized spacial score (nSPS) is 11.6. The number of hydrogen-bond acceptors (Lipinski definition) is 7. The Bertz CT molecular complexity index is 2110. The van der Waals surface area contributed by atoms with Crippen LogP contribution < -0.4 is 9.84 Å². The van der Waals surface area contributed by atoms with E-state index >= 15 is 13.2 Å². The number of carbonyl (C=O) groups excluding carboxylic acids is 1. The van der Waals surface area contributed by atoms with E-state index in [9.17, 15) is 38.3 Å². The van der Waals surface area contributed by atoms with Gasteiger partial charge in [0, 0.05) is 17.7 Å². The zero-order chi connectivity index (χ0) is 35.1. The largest absolute Gasteiger partial charge is 0.524 e. The molecule has 0 bridgehead atoms. The van der Waals surface area contributed by atoms with Gasteiger partial charge in [-0.15, -0.1) is 11.8 Å². The highest BCUT2D eigenvalue weighted by molar-refractivity contribution is 8.00. The van der Waals surface area contributed by atoms with Crippen LogP contribution in [0.3, 0.4) is 0 Å². The third-order valence-corrected chi connectivity index (χ3v) is 8.33. The summed E-state index contributed by atoms with van der Waals surface area (Å²) in [4.78, 5) is 41.3. The molecule has 6 N–H and O–H groups in total. The van der Waals surface area contributed by atoms with Crippen LogP contribution >= 0.6 is 19.6 Å². The Morgan fingerprint density at radius 2 is 1.40 bits per heavy atom. The Morgan fingerprint density at radius 3 is 1.92 bits per heavy atom. The minimum absolute atomic E-state index is 0.0110. The Morgan fingerprint density at radius 1 is 0.833 bits per heavy atom. The first-order chi connectivity index (χ1) is 22.6. The lowest BCUT2D eigenvalue weighted by Gasteiger charge is -2.16. The van der Waals surface area contributed by atoms with Crippen molar-refractivity contribution in [3.8, 4) is 28.4 Å². The predicted molar refractivity (Wildman–Crippen MR) is 160 cm³/mol. The van der Waals surface area contributed by atoms with Crippen LogP contribution in [0.5, 0.6) is 17.2 Å². The van der Waals surface area contributed by atoms with Crippen LogP contribution in [-0.4, -0.2) is 49.3 Å². The number of amides is 1. The molecule has 0 saturated carbocycles. The number of rotatable bonds is 10. The summed E-state index contributed by atoms with van der Waals surface area (Å²) < 4.78 is 96.8. The van der Waals surface area contributed by atoms with Crippen molar-refractivity contribution < 1.29 is 70.2 Å². The molecule has 11 nitrogen and oxygen atoms in total. The number of halogens is 5. The molecule has 48 heavy (non-hydrogen) atoms. The van der Waals surface area contributed by atoms with Gasteiger partial charge < -0.3 is 25.2 Å². The standard InChI is InChI=1S/C30H19F5NO10PS/c31-16-7-14-20(9-18(16)37)45-21-10-19(38)17(32)8-15(21)23(14)24-25(30(40)41)26(33)28(35)29(27(24)34)48-11-22(39)36-6-5-12-1-3-13(4-2-12)46-47(42,43)44/h1-4,7-10H,5-6,11H2,(H5-,36,37,38,39,40,41,42,43,44)/p+1. The van der Waals surface area contributed by atoms with E-state index < -0.39 is 110 Å². The molecule has 1 heterocycles. The zero-order valence-corrected chi connectivity index (χ0v) is 25.5. The van der Waals surface area contributed by atoms with E-state index in [4.69, 9.17) is 14.2 Å². The molecule has 0 aliphatic carbocycles. The Labute approximate surface area is 269 Å². The molecule has 0 saturated heterocycles. The molecular weight excluding hydrogens is 692 g/mol. The molecule has 0 atom stereocenters. The highest BCUT2D eigenvalue weighted by Crippen LogP contribution is 2.45. The third kappa shape index (κ3) is 6.99. The number of thioether (sulfide) groups is 1. The minimum atomic E-state index is -4.76. The van der Waals surface area contributed by atoms with Crippen molar-refractivity contribution in [2.75, 3.05) is 12.3 Å². The SMILES string of the molecule is O=C(CSc1c(F)c(F)c(C(=O)O)c(-c2c3cc(F)c(O)cc3[o+]c3cc(O)c(F)cc23)c1F)NCCc1ccc(OP(=O)(O)O)cc1. The van der Waals surface area contributed by atoms with Gasteiger partial charge in [0.25, 0.3) is 0 Å². The van der Waals surface area contributed by atoms with Crippen molar-refractivity contribution >= 4 is 53.4 Å². The molecule has 0 fully saturated rings. The lowest BCUT2D eigenvalue weighted by molar-refractivity contribution is -0.118. The van der Waals surface area contributed by atoms with Crippen molar-refractivity contribution in [2.45, 2.75) is 11.3 Å². The number of nitrogens with one attached hydrogen (secondary N) is 1. The number of aromatic hydroxyl groups is 2. The molecule has 18 heteroatoms. The van der Waals surface area contributed by atoms with Crippen molar-refractivity contribution in [1.82, 2.24) is 5.32 Å². The fourth-order valence-corrected chi connectivity index (χ4v) is 5.99. The number of carboxylic acid groups (broad SMARTS) is 1. The zero-order valence-electron chi connectivity index (χ0n) is 23.8. The fraction of sp³-hybridized carbons (Fsp3) is 0.100. The highest BCUT2D eigenvalue weighted by Gasteiger charge is 2.35. The van der Waals surface area contributed by atoms with Crippen LogP contribution in [0.15, 0.2) is 57.8 Å². The summed E-state index contributed by atoms with van der Waals surface area (Å²) >= 11 is 0.164. The average Bonchev–Trinajstić information content (AvgIpc) is 3.00. The number of benzene rings is 4. The third-order valence-electron chi connectivity index (χ3n) is 6.83. The van der Waals surface area contributed by atoms with Gasteiger partial charge in [0.2, 0.25) is 5.91 Å². The topological polar surface area (TPSA) is 185 Å². The van der Waals surface area contributed by atoms with Gasteiger partial charge in [-0.1, -0.05) is 12.1 Å². The summed E-state index contributed by atoms with van der Waals surface area (Å²) in [6.07, 6.45) is 0.207. The van der Waals surface area contributed by atoms with E-state index in [-0.39, 0.29) is 30.5 Å². The predicted octanol–water partition coefficient (Wildman–Crippen LogP) is 6.26. The number of carbonyl (C=O) groups is 2. The van der Waals surface area contributed by atoms with Gasteiger partial charge in [-0.05, 0) is 36.2 Å². The molecule has 5 rings (SSSR count). The monoisotopic (exact) mass is 712 g/mol. The van der Waals surface area contributed by atoms with Gasteiger partial charge in [-0.2, -0.15) is 0 Å². The number of aromatic carboxylic acids is 1. The minimum Gasteiger partial charge on any atom is -0.505 e. The molecular formula is C30H20F5NO10PS+. The Kier molecular flexibility index (Phi) is 9.51. The van der Waals surface area contributed by atoms with Gasteiger partial charge >= 0.3 is 25.0 Å². The fourth-order valence-electron chi connectivity index (χ4n) is 4.77. The summed E-state index contributed by atoms with van der Waals surface area (Å²) in [5.74, 6) is -14.0. The van der Waals surface area contributed by atoms with Crippen molar-refractivity contribution in [3.05, 3.63) is 88.7 Å². The summed E-state index contributed by atoms with van der Waals surface area (Å²) in [6, 6.07) is 8.11. The first-order valence-corrected chi connectivity index (χ1v) is 15.9.